The summed E-state index contributed by atoms with van der Waals surface area (Å²) in [4.78, 5) is 67.8. The summed E-state index contributed by atoms with van der Waals surface area (Å²) in [6, 6.07) is -3.58. The summed E-state index contributed by atoms with van der Waals surface area (Å²) in [5.41, 5.74) is 6.30. The highest BCUT2D eigenvalue weighted by molar-refractivity contribution is 8.14. The fourth-order valence-corrected chi connectivity index (χ4v) is 17.4. The van der Waals surface area contributed by atoms with E-state index in [4.69, 9.17) is 69.0 Å². The number of hydrogen-bond acceptors (Lipinski definition) is 22. The lowest BCUT2D eigenvalue weighted by atomic mass is 9.86. The molecular weight excluding hydrogens is 1530 g/mol. The third-order valence-corrected chi connectivity index (χ3v) is 24.2. The van der Waals surface area contributed by atoms with Gasteiger partial charge in [0.1, 0.15) is 17.5 Å². The fourth-order valence-electron chi connectivity index (χ4n) is 15.7. The number of likely N-dealkylation sites (tertiary alicyclic amines) is 3. The van der Waals surface area contributed by atoms with Crippen molar-refractivity contribution < 1.29 is 94.1 Å². The molecule has 4 N–H and O–H groups in total. The van der Waals surface area contributed by atoms with Crippen molar-refractivity contribution in [3.8, 4) is 0 Å². The zero-order valence-electron chi connectivity index (χ0n) is 56.7. The van der Waals surface area contributed by atoms with Crippen molar-refractivity contribution in [1.29, 1.82) is 0 Å². The van der Waals surface area contributed by atoms with Gasteiger partial charge in [-0.3, -0.25) is 14.7 Å². The summed E-state index contributed by atoms with van der Waals surface area (Å²) < 4.78 is 175. The summed E-state index contributed by atoms with van der Waals surface area (Å²) in [6.45, 7) is 6.15. The van der Waals surface area contributed by atoms with Crippen molar-refractivity contribution >= 4 is 106 Å². The Labute approximate surface area is 614 Å². The molecule has 6 aliphatic carbocycles. The Morgan fingerprint density at radius 1 is 0.578 bits per heavy atom. The SMILES string of the molecule is COC(=O)N1[C@H](C)C[C@H](N)[C@@H]1COC1CCC2(c3ncc(Cl)cn3)CC2C1.COC(=O)N1[C@H](C)C[C@H](NS(=O)(=O)C(F)F)[C@@H]1CO[C@H]1CC[C@@]2(c3ncc(Cl)cn3)C[C@H]2C1.COC(=O)N1[C@H](C)C[C@H](NS(=O)C(F)F)[C@@H]1COC1CCC2(c3ncc(Cl)cn3)CC2C1.CSF.O=S(=O)(Cl)C(F)F. The highest BCUT2D eigenvalue weighted by atomic mass is 35.7. The van der Waals surface area contributed by atoms with Gasteiger partial charge in [-0.1, -0.05) is 34.8 Å². The Bertz CT molecular complexity index is 3570. The molecule has 0 bridgehead atoms. The van der Waals surface area contributed by atoms with E-state index in [1.54, 1.807) is 49.0 Å². The maximum atomic E-state index is 12.9. The average molecular weight is 1610 g/mol. The molecule has 0 radical (unpaired) electrons. The molecule has 26 nitrogen and oxygen atoms in total. The van der Waals surface area contributed by atoms with E-state index in [1.165, 1.54) is 37.4 Å². The first-order chi connectivity index (χ1) is 48.1. The van der Waals surface area contributed by atoms with E-state index in [-0.39, 0.29) is 96.6 Å². The first kappa shape index (κ1) is 83.5. The maximum absolute atomic E-state index is 12.9. The topological polar surface area (TPSA) is 329 Å². The molecule has 12 rings (SSSR count). The van der Waals surface area contributed by atoms with Crippen LogP contribution in [0.25, 0.3) is 0 Å². The molecule has 41 heteroatoms. The number of halogens is 11. The first-order valence-electron chi connectivity index (χ1n) is 32.9. The monoisotopic (exact) mass is 1610 g/mol. The molecule has 3 saturated heterocycles. The molecular formula is C61H85Cl4F7N12O14S4. The predicted molar refractivity (Wildman–Crippen MR) is 364 cm³/mol. The second kappa shape index (κ2) is 35.7. The predicted octanol–water partition coefficient (Wildman–Crippen LogP) is 10.3. The summed E-state index contributed by atoms with van der Waals surface area (Å²) in [5, 5.41) is 1.57. The number of alkyl halides is 6. The number of carbonyl (C=O) groups is 3. The molecule has 0 aromatic carbocycles. The number of aromatic nitrogens is 6. The van der Waals surface area contributed by atoms with Gasteiger partial charge in [0.15, 0.2) is 11.0 Å². The number of hydrogen-bond donors (Lipinski definition) is 3. The van der Waals surface area contributed by atoms with Crippen LogP contribution in [0.2, 0.25) is 15.1 Å². The zero-order valence-corrected chi connectivity index (χ0v) is 63.0. The molecule has 6 saturated carbocycles. The Kier molecular flexibility index (Phi) is 29.3. The number of amides is 3. The average Bonchev–Trinajstić information content (AvgIpc) is 1.52. The van der Waals surface area contributed by atoms with Gasteiger partial charge in [0.05, 0.1) is 92.7 Å². The van der Waals surface area contributed by atoms with Crippen LogP contribution >= 0.6 is 57.6 Å². The minimum atomic E-state index is -4.82. The van der Waals surface area contributed by atoms with E-state index >= 15 is 0 Å². The number of nitrogens with two attached hydrogens (primary N) is 1. The van der Waals surface area contributed by atoms with Gasteiger partial charge in [0.25, 0.3) is 19.1 Å². The fraction of sp³-hybridized carbons (Fsp3) is 0.754. The molecule has 102 heavy (non-hydrogen) atoms. The van der Waals surface area contributed by atoms with Gasteiger partial charge in [-0.05, 0) is 135 Å². The summed E-state index contributed by atoms with van der Waals surface area (Å²) in [6.07, 6.45) is 22.0. The summed E-state index contributed by atoms with van der Waals surface area (Å²) in [7, 11) is -3.94. The Morgan fingerprint density at radius 2 is 0.882 bits per heavy atom. The van der Waals surface area contributed by atoms with Crippen molar-refractivity contribution in [1.82, 2.24) is 54.0 Å². The molecule has 574 valence electrons. The normalized spacial score (nSPS) is 32.9. The van der Waals surface area contributed by atoms with Crippen LogP contribution in [-0.4, -0.2) is 221 Å². The quantitative estimate of drug-likeness (QED) is 0.0570. The lowest BCUT2D eigenvalue weighted by Crippen LogP contribution is -2.51. The largest absolute Gasteiger partial charge is 0.453 e. The molecule has 3 aromatic rings. The van der Waals surface area contributed by atoms with Gasteiger partial charge >= 0.3 is 35.6 Å². The van der Waals surface area contributed by atoms with Crippen molar-refractivity contribution in [2.24, 2.45) is 23.5 Å². The van der Waals surface area contributed by atoms with Crippen LogP contribution < -0.4 is 15.2 Å². The van der Waals surface area contributed by atoms with Crippen LogP contribution in [0.1, 0.15) is 135 Å². The molecule has 7 unspecified atom stereocenters. The van der Waals surface area contributed by atoms with Gasteiger partial charge in [-0.2, -0.15) is 30.2 Å². The maximum Gasteiger partial charge on any atom is 0.410 e. The van der Waals surface area contributed by atoms with E-state index in [9.17, 15) is 65.7 Å². The van der Waals surface area contributed by atoms with E-state index in [0.29, 0.717) is 45.8 Å². The third-order valence-electron chi connectivity index (χ3n) is 20.9. The lowest BCUT2D eigenvalue weighted by molar-refractivity contribution is -0.0103. The number of rotatable bonds is 19. The van der Waals surface area contributed by atoms with Gasteiger partial charge < -0.3 is 34.2 Å². The highest BCUT2D eigenvalue weighted by Gasteiger charge is 2.62. The lowest BCUT2D eigenvalue weighted by Gasteiger charge is -2.32. The van der Waals surface area contributed by atoms with Crippen LogP contribution in [0.4, 0.5) is 44.6 Å². The number of carbonyl (C=O) groups excluding carboxylic acids is 3. The molecule has 0 spiro atoms. The third kappa shape index (κ3) is 20.2. The molecule has 3 aromatic heterocycles. The minimum Gasteiger partial charge on any atom is -0.453 e. The van der Waals surface area contributed by atoms with Crippen LogP contribution in [-0.2, 0) is 74.7 Å². The number of methoxy groups -OCH3 is 3. The van der Waals surface area contributed by atoms with Gasteiger partial charge in [-0.25, -0.2) is 74.8 Å². The van der Waals surface area contributed by atoms with Crippen molar-refractivity contribution in [3.63, 3.8) is 0 Å². The number of ether oxygens (including phenoxy) is 6. The number of sulfonamides is 1. The Balaban J connectivity index is 0.000000182. The Morgan fingerprint density at radius 3 is 1.19 bits per heavy atom. The number of fused-ring (bicyclic) bond motifs is 3. The number of nitrogens with one attached hydrogen (secondary N) is 2. The Hall–Kier alpha value is -4.12. The van der Waals surface area contributed by atoms with Crippen molar-refractivity contribution in [2.45, 2.75) is 223 Å². The molecule has 3 amide bonds. The van der Waals surface area contributed by atoms with Crippen LogP contribution in [0.5, 0.6) is 0 Å². The van der Waals surface area contributed by atoms with E-state index in [1.807, 2.05) is 18.6 Å². The van der Waals surface area contributed by atoms with Crippen molar-refractivity contribution in [2.75, 3.05) is 47.4 Å². The van der Waals surface area contributed by atoms with Crippen molar-refractivity contribution in [3.05, 3.63) is 69.7 Å². The minimum absolute atomic E-state index is 0.0113. The van der Waals surface area contributed by atoms with Gasteiger partial charge in [0, 0.05) is 119 Å². The first-order valence-corrected chi connectivity index (χ1v) is 40.3. The summed E-state index contributed by atoms with van der Waals surface area (Å²) in [5.74, 6) is -6.15. The van der Waals surface area contributed by atoms with Crippen LogP contribution in [0.3, 0.4) is 0 Å². The van der Waals surface area contributed by atoms with E-state index < -0.39 is 89.7 Å². The number of nitrogens with zero attached hydrogens (tertiary/aromatic N) is 9. The molecule has 9 fully saturated rings. The molecule has 6 heterocycles. The standard InChI is InChI=1S/C20H27ClF2N4O5S.C20H27ClF2N4O4S.C19H27ClN4O3.CHClF2O2S.CH3FS/c1-11-5-15(26-33(29,30)18(22)23)16(27(11)19(28)31-2)10-32-14-3-4-20(7-12(20)6-14)17-24-8-13(21)9-25-17;1-11-5-15(26-32(29)18(22)23)16(27(11)19(28)30-2)10-31-14-3-4-20(7-12(20)6-14)17-24-8-13(21)9-25-17;1-11-5-15(21)16(24(11)18(25)26-2)10-27-14-3-4-19(7-12(19)6-14)17-22-8-13(20)9-23-17;2-7(5,6)1(3)4;1-3-2/h8-9,11-12,14-16,18,26H,3-7,10H2,1-2H3;8-9,11-12,14-16,18,26H,3-7,10H2,1-2H3;8-9,11-12,14-16H,3-7,10,21H2,1-2H3;1H;1H3/t11-,12-,14+,15+,16+,20-;11-,12?,14?,15+,16+,20?,32?;11-,12?,14?,15+,16+,19?;;/m111../s1. The molecule has 3 aliphatic heterocycles. The zero-order chi connectivity index (χ0) is 75.0. The summed E-state index contributed by atoms with van der Waals surface area (Å²) >= 11 is 18.0. The second-order valence-corrected chi connectivity index (χ2v) is 34.1. The smallest absolute Gasteiger partial charge is 0.410 e. The molecule has 19 atom stereocenters. The van der Waals surface area contributed by atoms with Crippen LogP contribution in [0.15, 0.2) is 37.2 Å². The highest BCUT2D eigenvalue weighted by Crippen LogP contribution is 2.64. The van der Waals surface area contributed by atoms with Gasteiger partial charge in [-0.15, -0.1) is 0 Å². The van der Waals surface area contributed by atoms with Gasteiger partial charge in [0.2, 0.25) is 0 Å². The van der Waals surface area contributed by atoms with E-state index in [0.717, 1.165) is 101 Å². The second-order valence-electron chi connectivity index (χ2n) is 27.0. The van der Waals surface area contributed by atoms with Crippen LogP contribution in [0, 0.1) is 17.8 Å². The molecule has 9 aliphatic rings. The van der Waals surface area contributed by atoms with E-state index in [2.05, 4.69) is 45.3 Å².